The van der Waals surface area contributed by atoms with Crippen molar-refractivity contribution in [3.63, 3.8) is 0 Å². The predicted octanol–water partition coefficient (Wildman–Crippen LogP) is 2.51. The molecule has 0 bridgehead atoms. The molecule has 0 radical (unpaired) electrons. The normalized spacial score (nSPS) is 12.5. The number of benzene rings is 1. The minimum atomic E-state index is -0.772. The van der Waals surface area contributed by atoms with Crippen LogP contribution in [-0.2, 0) is 6.42 Å². The quantitative estimate of drug-likeness (QED) is 0.739. The number of aryl methyl sites for hydroxylation is 1. The molecule has 1 aromatic carbocycles. The second-order valence-electron chi connectivity index (χ2n) is 4.96. The minimum absolute atomic E-state index is 0.206. The Morgan fingerprint density at radius 1 is 1.43 bits per heavy atom. The van der Waals surface area contributed by atoms with Crippen LogP contribution in [0.15, 0.2) is 35.1 Å². The maximum Gasteiger partial charge on any atom is 0.275 e. The molecule has 0 aliphatic heterocycles. The third-order valence-corrected chi connectivity index (χ3v) is 4.58. The number of aromatic nitrogens is 3. The van der Waals surface area contributed by atoms with Crippen molar-refractivity contribution in [2.45, 2.75) is 19.4 Å². The van der Waals surface area contributed by atoms with Gasteiger partial charge in [0.05, 0.1) is 6.10 Å². The molecule has 8 heteroatoms. The molecule has 6 nitrogen and oxygen atoms in total. The second kappa shape index (κ2) is 6.66. The summed E-state index contributed by atoms with van der Waals surface area (Å²) in [5.74, 6) is 0. The summed E-state index contributed by atoms with van der Waals surface area (Å²) in [4.78, 5) is 16.9. The summed E-state index contributed by atoms with van der Waals surface area (Å²) in [7, 11) is 0. The highest BCUT2D eigenvalue weighted by Gasteiger charge is 2.13. The van der Waals surface area contributed by atoms with E-state index in [4.69, 9.17) is 11.6 Å². The summed E-state index contributed by atoms with van der Waals surface area (Å²) in [6, 6.07) is 8.61. The Bertz CT molecular complexity index is 893. The van der Waals surface area contributed by atoms with Gasteiger partial charge in [-0.25, -0.2) is 4.98 Å². The smallest absolute Gasteiger partial charge is 0.275 e. The van der Waals surface area contributed by atoms with Crippen LogP contribution in [-0.4, -0.2) is 26.2 Å². The molecule has 0 saturated carbocycles. The van der Waals surface area contributed by atoms with E-state index in [1.807, 2.05) is 19.1 Å². The van der Waals surface area contributed by atoms with Crippen LogP contribution in [0.2, 0.25) is 5.02 Å². The van der Waals surface area contributed by atoms with Gasteiger partial charge < -0.3 is 10.4 Å². The fourth-order valence-electron chi connectivity index (χ4n) is 2.15. The molecule has 0 spiro atoms. The number of fused-ring (bicyclic) bond motifs is 1. The molecule has 1 unspecified atom stereocenters. The molecule has 120 valence electrons. The summed E-state index contributed by atoms with van der Waals surface area (Å²) in [6.07, 6.45) is -0.0796. The molecule has 0 saturated heterocycles. The van der Waals surface area contributed by atoms with Crippen molar-refractivity contribution in [2.24, 2.45) is 0 Å². The summed E-state index contributed by atoms with van der Waals surface area (Å²) in [6.45, 7) is 2.18. The highest BCUT2D eigenvalue weighted by Crippen LogP contribution is 2.24. The Hall–Kier alpha value is -1.96. The highest BCUT2D eigenvalue weighted by molar-refractivity contribution is 7.20. The standard InChI is InChI=1S/C15H15ClN4O2S/c1-2-9-7-13(22)20-15(18-9)23-14(19-20)17-8-12(21)10-5-3-4-6-11(10)16/h3-7,12,21H,2,8H2,1H3,(H,17,19). The SMILES string of the molecule is CCc1cc(=O)n2nc(NCC(O)c3ccccc3Cl)sc2n1. The van der Waals surface area contributed by atoms with Gasteiger partial charge in [0.2, 0.25) is 10.1 Å². The van der Waals surface area contributed by atoms with Crippen LogP contribution in [0.5, 0.6) is 0 Å². The van der Waals surface area contributed by atoms with E-state index >= 15 is 0 Å². The predicted molar refractivity (Wildman–Crippen MR) is 91.4 cm³/mol. The third-order valence-electron chi connectivity index (χ3n) is 3.37. The zero-order valence-electron chi connectivity index (χ0n) is 12.4. The minimum Gasteiger partial charge on any atom is -0.387 e. The van der Waals surface area contributed by atoms with E-state index < -0.39 is 6.10 Å². The lowest BCUT2D eigenvalue weighted by Crippen LogP contribution is -2.16. The molecule has 3 aromatic rings. The van der Waals surface area contributed by atoms with Crippen LogP contribution in [0, 0.1) is 0 Å². The number of aliphatic hydroxyl groups is 1. The molecule has 0 aliphatic carbocycles. The molecule has 2 aromatic heterocycles. The molecule has 3 rings (SSSR count). The van der Waals surface area contributed by atoms with Gasteiger partial charge in [0.15, 0.2) is 0 Å². The Labute approximate surface area is 141 Å². The molecule has 23 heavy (non-hydrogen) atoms. The number of halogens is 1. The third kappa shape index (κ3) is 3.36. The number of rotatable bonds is 5. The fraction of sp³-hybridized carbons (Fsp3) is 0.267. The average molecular weight is 351 g/mol. The Kier molecular flexibility index (Phi) is 4.61. The molecular weight excluding hydrogens is 336 g/mol. The van der Waals surface area contributed by atoms with E-state index in [0.29, 0.717) is 27.1 Å². The molecule has 2 N–H and O–H groups in total. The van der Waals surface area contributed by atoms with Crippen LogP contribution in [0.25, 0.3) is 4.96 Å². The number of nitrogens with one attached hydrogen (secondary N) is 1. The van der Waals surface area contributed by atoms with Gasteiger partial charge in [-0.1, -0.05) is 48.1 Å². The van der Waals surface area contributed by atoms with E-state index in [0.717, 1.165) is 5.69 Å². The average Bonchev–Trinajstić information content (AvgIpc) is 2.96. The first kappa shape index (κ1) is 15.9. The van der Waals surface area contributed by atoms with E-state index in [2.05, 4.69) is 15.4 Å². The first-order valence-electron chi connectivity index (χ1n) is 7.14. The van der Waals surface area contributed by atoms with E-state index in [9.17, 15) is 9.90 Å². The topological polar surface area (TPSA) is 79.5 Å². The fourth-order valence-corrected chi connectivity index (χ4v) is 3.24. The summed E-state index contributed by atoms with van der Waals surface area (Å²) >= 11 is 7.33. The number of nitrogens with zero attached hydrogens (tertiary/aromatic N) is 3. The van der Waals surface area contributed by atoms with Crippen molar-refractivity contribution in [3.05, 3.63) is 57.0 Å². The lowest BCUT2D eigenvalue weighted by Gasteiger charge is -2.12. The van der Waals surface area contributed by atoms with Crippen molar-refractivity contribution in [2.75, 3.05) is 11.9 Å². The highest BCUT2D eigenvalue weighted by atomic mass is 35.5. The second-order valence-corrected chi connectivity index (χ2v) is 6.32. The van der Waals surface area contributed by atoms with E-state index in [-0.39, 0.29) is 12.1 Å². The summed E-state index contributed by atoms with van der Waals surface area (Å²) in [5.41, 5.74) is 1.18. The Morgan fingerprint density at radius 3 is 2.96 bits per heavy atom. The maximum atomic E-state index is 11.9. The van der Waals surface area contributed by atoms with Crippen LogP contribution < -0.4 is 10.9 Å². The molecule has 0 amide bonds. The first-order valence-corrected chi connectivity index (χ1v) is 8.34. The number of hydrogen-bond acceptors (Lipinski definition) is 6. The maximum absolute atomic E-state index is 11.9. The molecule has 0 aliphatic rings. The van der Waals surface area contributed by atoms with Crippen LogP contribution in [0.3, 0.4) is 0 Å². The molecular formula is C15H15ClN4O2S. The molecule has 1 atom stereocenters. The van der Waals surface area contributed by atoms with E-state index in [1.54, 1.807) is 12.1 Å². The summed E-state index contributed by atoms with van der Waals surface area (Å²) in [5, 5.41) is 18.5. The Balaban J connectivity index is 1.78. The van der Waals surface area contributed by atoms with Gasteiger partial charge in [0.1, 0.15) is 0 Å². The molecule has 2 heterocycles. The number of aliphatic hydroxyl groups excluding tert-OH is 1. The van der Waals surface area contributed by atoms with Crippen molar-refractivity contribution >= 4 is 33.0 Å². The van der Waals surface area contributed by atoms with Gasteiger partial charge in [-0.2, -0.15) is 4.52 Å². The van der Waals surface area contributed by atoms with Gasteiger partial charge in [0, 0.05) is 28.9 Å². The van der Waals surface area contributed by atoms with Crippen molar-refractivity contribution in [3.8, 4) is 0 Å². The largest absolute Gasteiger partial charge is 0.387 e. The van der Waals surface area contributed by atoms with Gasteiger partial charge in [0.25, 0.3) is 5.56 Å². The van der Waals surface area contributed by atoms with Gasteiger partial charge in [-0.05, 0) is 12.5 Å². The van der Waals surface area contributed by atoms with Gasteiger partial charge >= 0.3 is 0 Å². The molecule has 0 fully saturated rings. The summed E-state index contributed by atoms with van der Waals surface area (Å²) < 4.78 is 1.26. The van der Waals surface area contributed by atoms with Crippen LogP contribution in [0.4, 0.5) is 5.13 Å². The number of hydrogen-bond donors (Lipinski definition) is 2. The number of anilines is 1. The lowest BCUT2D eigenvalue weighted by atomic mass is 10.1. The van der Waals surface area contributed by atoms with Gasteiger partial charge in [-0.15, -0.1) is 5.10 Å². The van der Waals surface area contributed by atoms with Crippen molar-refractivity contribution < 1.29 is 5.11 Å². The zero-order valence-corrected chi connectivity index (χ0v) is 13.9. The van der Waals surface area contributed by atoms with Crippen molar-refractivity contribution in [1.29, 1.82) is 0 Å². The van der Waals surface area contributed by atoms with Crippen molar-refractivity contribution in [1.82, 2.24) is 14.6 Å². The van der Waals surface area contributed by atoms with E-state index in [1.165, 1.54) is 21.9 Å². The first-order chi connectivity index (χ1) is 11.1. The lowest BCUT2D eigenvalue weighted by molar-refractivity contribution is 0.191. The Morgan fingerprint density at radius 2 is 2.22 bits per heavy atom. The zero-order chi connectivity index (χ0) is 16.4. The van der Waals surface area contributed by atoms with Crippen LogP contribution in [0.1, 0.15) is 24.3 Å². The van der Waals surface area contributed by atoms with Gasteiger partial charge in [-0.3, -0.25) is 4.79 Å². The monoisotopic (exact) mass is 350 g/mol. The van der Waals surface area contributed by atoms with Crippen LogP contribution >= 0.6 is 22.9 Å².